The third-order valence-electron chi connectivity index (χ3n) is 6.54. The van der Waals surface area contributed by atoms with E-state index in [4.69, 9.17) is 9.15 Å². The third kappa shape index (κ3) is 6.05. The Morgan fingerprint density at radius 3 is 2.53 bits per heavy atom. The smallest absolute Gasteiger partial charge is 0.259 e. The van der Waals surface area contributed by atoms with Gasteiger partial charge in [0.05, 0.1) is 13.7 Å². The molecule has 1 aliphatic heterocycles. The molecule has 3 heterocycles. The molecule has 2 aromatic heterocycles. The lowest BCUT2D eigenvalue weighted by Crippen LogP contribution is -2.42. The van der Waals surface area contributed by atoms with Crippen LogP contribution < -0.4 is 15.5 Å². The highest BCUT2D eigenvalue weighted by Crippen LogP contribution is 2.18. The number of aryl methyl sites for hydroxylation is 3. The molecule has 36 heavy (non-hydrogen) atoms. The normalized spacial score (nSPS) is 15.5. The van der Waals surface area contributed by atoms with Crippen molar-refractivity contribution in [2.45, 2.75) is 46.2 Å². The Balaban J connectivity index is 1.60. The van der Waals surface area contributed by atoms with Crippen molar-refractivity contribution in [1.82, 2.24) is 14.8 Å². The molecule has 3 aromatic rings. The predicted octanol–water partition coefficient (Wildman–Crippen LogP) is 3.80. The molecule has 1 fully saturated rings. The van der Waals surface area contributed by atoms with Gasteiger partial charge >= 0.3 is 0 Å². The van der Waals surface area contributed by atoms with Gasteiger partial charge in [-0.05, 0) is 61.9 Å². The van der Waals surface area contributed by atoms with E-state index in [1.165, 1.54) is 6.20 Å². The van der Waals surface area contributed by atoms with Crippen molar-refractivity contribution >= 4 is 11.8 Å². The molecule has 0 radical (unpaired) electrons. The Morgan fingerprint density at radius 2 is 1.86 bits per heavy atom. The number of ether oxygens (including phenoxy) is 1. The van der Waals surface area contributed by atoms with Crippen LogP contribution in [0.25, 0.3) is 0 Å². The summed E-state index contributed by atoms with van der Waals surface area (Å²) in [4.78, 5) is 41.5. The van der Waals surface area contributed by atoms with Crippen molar-refractivity contribution in [3.05, 3.63) is 87.2 Å². The number of piperidine rings is 1. The van der Waals surface area contributed by atoms with Crippen molar-refractivity contribution < 1.29 is 18.7 Å². The highest BCUT2D eigenvalue weighted by molar-refractivity contribution is 5.99. The van der Waals surface area contributed by atoms with Gasteiger partial charge in [0.1, 0.15) is 28.4 Å². The first-order valence-corrected chi connectivity index (χ1v) is 12.3. The fourth-order valence-electron chi connectivity index (χ4n) is 4.51. The molecule has 190 valence electrons. The topological polar surface area (TPSA) is 93.8 Å². The molecule has 1 aromatic carbocycles. The maximum Gasteiger partial charge on any atom is 0.259 e. The summed E-state index contributed by atoms with van der Waals surface area (Å²) in [6.07, 6.45) is 5.74. The average molecular weight is 492 g/mol. The Hall–Kier alpha value is -3.81. The number of amides is 2. The van der Waals surface area contributed by atoms with E-state index in [1.807, 2.05) is 37.3 Å². The number of hydrogen-bond acceptors (Lipinski definition) is 5. The Morgan fingerprint density at radius 1 is 1.11 bits per heavy atom. The maximum absolute atomic E-state index is 13.4. The number of pyridine rings is 1. The number of rotatable bonds is 8. The number of carbonyl (C=O) groups excluding carboxylic acids is 2. The highest BCUT2D eigenvalue weighted by atomic mass is 16.5. The molecule has 1 saturated heterocycles. The molecule has 1 aliphatic rings. The van der Waals surface area contributed by atoms with Gasteiger partial charge < -0.3 is 23.9 Å². The lowest BCUT2D eigenvalue weighted by Gasteiger charge is -2.31. The van der Waals surface area contributed by atoms with Crippen LogP contribution in [0.15, 0.2) is 58.0 Å². The van der Waals surface area contributed by atoms with Gasteiger partial charge in [0.2, 0.25) is 5.43 Å². The summed E-state index contributed by atoms with van der Waals surface area (Å²) in [6, 6.07) is 11.3. The van der Waals surface area contributed by atoms with Crippen molar-refractivity contribution in [3.63, 3.8) is 0 Å². The summed E-state index contributed by atoms with van der Waals surface area (Å²) >= 11 is 0. The van der Waals surface area contributed by atoms with Gasteiger partial charge in [-0.15, -0.1) is 0 Å². The molecular weight excluding hydrogens is 458 g/mol. The van der Waals surface area contributed by atoms with E-state index in [0.29, 0.717) is 37.7 Å². The fraction of sp³-hybridized carbons (Fsp3) is 0.393. The van der Waals surface area contributed by atoms with E-state index >= 15 is 0 Å². The van der Waals surface area contributed by atoms with Gasteiger partial charge in [-0.3, -0.25) is 14.4 Å². The molecule has 2 amide bonds. The lowest BCUT2D eigenvalue weighted by molar-refractivity contribution is 0.0680. The summed E-state index contributed by atoms with van der Waals surface area (Å²) in [5.41, 5.74) is 0.503. The molecule has 4 rings (SSSR count). The number of furan rings is 1. The molecule has 0 aliphatic carbocycles. The van der Waals surface area contributed by atoms with Crippen molar-refractivity contribution in [2.75, 3.05) is 20.2 Å². The van der Waals surface area contributed by atoms with Crippen molar-refractivity contribution in [1.29, 1.82) is 0 Å². The van der Waals surface area contributed by atoms with Gasteiger partial charge in [-0.25, -0.2) is 0 Å². The number of benzene rings is 1. The van der Waals surface area contributed by atoms with Crippen molar-refractivity contribution in [2.24, 2.45) is 5.92 Å². The van der Waals surface area contributed by atoms with Gasteiger partial charge in [0, 0.05) is 32.0 Å². The number of methoxy groups -OCH3 is 1. The minimum Gasteiger partial charge on any atom is -0.497 e. The van der Waals surface area contributed by atoms with Crippen molar-refractivity contribution in [3.8, 4) is 5.75 Å². The third-order valence-corrected chi connectivity index (χ3v) is 6.54. The summed E-state index contributed by atoms with van der Waals surface area (Å²) in [5.74, 6) is 1.63. The summed E-state index contributed by atoms with van der Waals surface area (Å²) in [5, 5.41) is 2.75. The predicted molar refractivity (Wildman–Crippen MR) is 136 cm³/mol. The zero-order valence-electron chi connectivity index (χ0n) is 21.1. The number of aromatic nitrogens is 1. The maximum atomic E-state index is 13.4. The standard InChI is InChI=1S/C28H33N3O5/c1-19-5-4-13-31(16-19)28(34)25-18-30(14-12-21-7-10-22(35-3)11-8-21)17-24(26(25)32)27(33)29-15-23-9-6-20(2)36-23/h6-11,17-19H,4-5,12-16H2,1-3H3,(H,29,33). The van der Waals surface area contributed by atoms with E-state index in [0.717, 1.165) is 29.9 Å². The van der Waals surface area contributed by atoms with Crippen LogP contribution in [-0.2, 0) is 19.5 Å². The van der Waals surface area contributed by atoms with Gasteiger partial charge in [-0.1, -0.05) is 19.1 Å². The SMILES string of the molecule is COc1ccc(CCn2cc(C(=O)NCc3ccc(C)o3)c(=O)c(C(=O)N3CCCC(C)C3)c2)cc1. The van der Waals surface area contributed by atoms with Gasteiger partial charge in [-0.2, -0.15) is 0 Å². The Bertz CT molecular complexity index is 1280. The van der Waals surface area contributed by atoms with E-state index in [2.05, 4.69) is 12.2 Å². The zero-order chi connectivity index (χ0) is 25.7. The number of hydrogen-bond donors (Lipinski definition) is 1. The Labute approximate surface area is 210 Å². The summed E-state index contributed by atoms with van der Waals surface area (Å²) in [6.45, 7) is 5.80. The second-order valence-corrected chi connectivity index (χ2v) is 9.44. The molecule has 1 N–H and O–H groups in total. The van der Waals surface area contributed by atoms with Gasteiger partial charge in [0.15, 0.2) is 0 Å². The molecule has 0 bridgehead atoms. The second kappa shape index (κ2) is 11.3. The van der Waals surface area contributed by atoms with Crippen LogP contribution >= 0.6 is 0 Å². The largest absolute Gasteiger partial charge is 0.497 e. The van der Waals surface area contributed by atoms with Crippen LogP contribution in [0.1, 0.15) is 57.6 Å². The number of nitrogens with zero attached hydrogens (tertiary/aromatic N) is 2. The fourth-order valence-corrected chi connectivity index (χ4v) is 4.51. The van der Waals surface area contributed by atoms with E-state index < -0.39 is 11.3 Å². The van der Waals surface area contributed by atoms with Crippen LogP contribution in [0.3, 0.4) is 0 Å². The minimum absolute atomic E-state index is 0.0281. The molecular formula is C28H33N3O5. The second-order valence-electron chi connectivity index (χ2n) is 9.44. The molecule has 0 spiro atoms. The van der Waals surface area contributed by atoms with Gasteiger partial charge in [0.25, 0.3) is 11.8 Å². The zero-order valence-corrected chi connectivity index (χ0v) is 21.1. The highest BCUT2D eigenvalue weighted by Gasteiger charge is 2.26. The quantitative estimate of drug-likeness (QED) is 0.517. The minimum atomic E-state index is -0.549. The first-order chi connectivity index (χ1) is 17.3. The number of likely N-dealkylation sites (tertiary alicyclic amines) is 1. The van der Waals surface area contributed by atoms with Crippen LogP contribution in [0, 0.1) is 12.8 Å². The monoisotopic (exact) mass is 491 g/mol. The lowest BCUT2D eigenvalue weighted by atomic mass is 9.99. The van der Waals surface area contributed by atoms with Crippen LogP contribution in [0.4, 0.5) is 0 Å². The molecule has 0 saturated carbocycles. The molecule has 1 atom stereocenters. The number of carbonyl (C=O) groups is 2. The van der Waals surface area contributed by atoms with E-state index in [9.17, 15) is 14.4 Å². The van der Waals surface area contributed by atoms with Crippen LogP contribution in [0.2, 0.25) is 0 Å². The van der Waals surface area contributed by atoms with Crippen LogP contribution in [-0.4, -0.2) is 41.5 Å². The molecule has 1 unspecified atom stereocenters. The number of nitrogens with one attached hydrogen (secondary N) is 1. The molecule has 8 nitrogen and oxygen atoms in total. The molecule has 8 heteroatoms. The summed E-state index contributed by atoms with van der Waals surface area (Å²) < 4.78 is 12.5. The first-order valence-electron chi connectivity index (χ1n) is 12.3. The first kappa shape index (κ1) is 25.3. The average Bonchev–Trinajstić information content (AvgIpc) is 3.31. The Kier molecular flexibility index (Phi) is 7.93. The summed E-state index contributed by atoms with van der Waals surface area (Å²) in [7, 11) is 1.62. The van der Waals surface area contributed by atoms with Crippen LogP contribution in [0.5, 0.6) is 5.75 Å². The van der Waals surface area contributed by atoms with E-state index in [-0.39, 0.29) is 23.6 Å². The van der Waals surface area contributed by atoms with E-state index in [1.54, 1.807) is 28.8 Å².